The third-order valence-corrected chi connectivity index (χ3v) is 2.09. The van der Waals surface area contributed by atoms with Crippen LogP contribution in [0.2, 0.25) is 5.15 Å². The van der Waals surface area contributed by atoms with E-state index in [1.54, 1.807) is 13.2 Å². The highest BCUT2D eigenvalue weighted by Crippen LogP contribution is 2.14. The smallest absolute Gasteiger partial charge is 0.218 e. The van der Waals surface area contributed by atoms with Crippen molar-refractivity contribution in [1.82, 2.24) is 9.97 Å². The van der Waals surface area contributed by atoms with E-state index < -0.39 is 0 Å². The van der Waals surface area contributed by atoms with Crippen molar-refractivity contribution in [1.29, 1.82) is 0 Å². The first-order chi connectivity index (χ1) is 8.26. The Hall–Kier alpha value is -0.910. The molecule has 6 heteroatoms. The highest BCUT2D eigenvalue weighted by atomic mass is 35.5. The molecule has 0 unspecified atom stereocenters. The summed E-state index contributed by atoms with van der Waals surface area (Å²) >= 11 is 5.86. The van der Waals surface area contributed by atoms with Gasteiger partial charge in [-0.15, -0.1) is 0 Å². The highest BCUT2D eigenvalue weighted by molar-refractivity contribution is 6.29. The van der Waals surface area contributed by atoms with Crippen LogP contribution in [0.3, 0.4) is 0 Å². The summed E-state index contributed by atoms with van der Waals surface area (Å²) in [6.45, 7) is 4.05. The topological polar surface area (TPSA) is 53.5 Å². The van der Waals surface area contributed by atoms with E-state index in [0.29, 0.717) is 43.3 Å². The summed E-state index contributed by atoms with van der Waals surface area (Å²) in [5.41, 5.74) is 0. The Morgan fingerprint density at radius 3 is 2.82 bits per heavy atom. The molecule has 0 saturated heterocycles. The van der Waals surface area contributed by atoms with Crippen molar-refractivity contribution in [3.8, 4) is 5.88 Å². The molecular weight excluding hydrogens is 244 g/mol. The lowest BCUT2D eigenvalue weighted by Gasteiger charge is -2.07. The van der Waals surface area contributed by atoms with Gasteiger partial charge in [-0.3, -0.25) is 0 Å². The van der Waals surface area contributed by atoms with E-state index >= 15 is 0 Å². The van der Waals surface area contributed by atoms with Crippen LogP contribution >= 0.6 is 11.6 Å². The summed E-state index contributed by atoms with van der Waals surface area (Å²) < 4.78 is 15.6. The second-order valence-electron chi connectivity index (χ2n) is 3.28. The summed E-state index contributed by atoms with van der Waals surface area (Å²) in [6.07, 6.45) is 0.804. The standard InChI is InChI=1S/C11H17ClN2O3/c1-3-16-8-10-13-9(12)7-11(14-10)17-6-4-5-15-2/h7H,3-6,8H2,1-2H3. The summed E-state index contributed by atoms with van der Waals surface area (Å²) in [5.74, 6) is 0.997. The maximum atomic E-state index is 5.86. The molecule has 0 spiro atoms. The van der Waals surface area contributed by atoms with Crippen LogP contribution in [-0.2, 0) is 16.1 Å². The summed E-state index contributed by atoms with van der Waals surface area (Å²) in [5, 5.41) is 0.358. The molecule has 17 heavy (non-hydrogen) atoms. The number of methoxy groups -OCH3 is 1. The quantitative estimate of drug-likeness (QED) is 0.529. The first kappa shape index (κ1) is 14.2. The van der Waals surface area contributed by atoms with Crippen LogP contribution in [0, 0.1) is 0 Å². The molecular formula is C11H17ClN2O3. The molecule has 1 heterocycles. The van der Waals surface area contributed by atoms with Gasteiger partial charge in [-0.2, -0.15) is 4.98 Å². The van der Waals surface area contributed by atoms with Crippen LogP contribution in [0.25, 0.3) is 0 Å². The van der Waals surface area contributed by atoms with Gasteiger partial charge in [0.15, 0.2) is 5.82 Å². The van der Waals surface area contributed by atoms with Crippen LogP contribution in [0.4, 0.5) is 0 Å². The van der Waals surface area contributed by atoms with Crippen LogP contribution in [0.1, 0.15) is 19.2 Å². The fourth-order valence-electron chi connectivity index (χ4n) is 1.15. The van der Waals surface area contributed by atoms with E-state index in [4.69, 9.17) is 25.8 Å². The largest absolute Gasteiger partial charge is 0.477 e. The van der Waals surface area contributed by atoms with Crippen LogP contribution in [0.15, 0.2) is 6.07 Å². The number of aromatic nitrogens is 2. The van der Waals surface area contributed by atoms with Gasteiger partial charge in [-0.05, 0) is 6.92 Å². The monoisotopic (exact) mass is 260 g/mol. The van der Waals surface area contributed by atoms with E-state index in [9.17, 15) is 0 Å². The molecule has 0 aromatic carbocycles. The van der Waals surface area contributed by atoms with Crippen LogP contribution in [-0.4, -0.2) is 36.9 Å². The lowest BCUT2D eigenvalue weighted by molar-refractivity contribution is 0.127. The van der Waals surface area contributed by atoms with Crippen molar-refractivity contribution in [2.75, 3.05) is 26.9 Å². The fraction of sp³-hybridized carbons (Fsp3) is 0.636. The van der Waals surface area contributed by atoms with Gasteiger partial charge in [-0.25, -0.2) is 4.98 Å². The van der Waals surface area contributed by atoms with Crippen molar-refractivity contribution in [2.24, 2.45) is 0 Å². The molecule has 1 rings (SSSR count). The number of halogens is 1. The molecule has 0 aliphatic rings. The molecule has 0 radical (unpaired) electrons. The Kier molecular flexibility index (Phi) is 6.84. The van der Waals surface area contributed by atoms with E-state index in [2.05, 4.69) is 9.97 Å². The molecule has 1 aromatic heterocycles. The van der Waals surface area contributed by atoms with Gasteiger partial charge < -0.3 is 14.2 Å². The van der Waals surface area contributed by atoms with Gasteiger partial charge in [0.05, 0.1) is 6.61 Å². The van der Waals surface area contributed by atoms with E-state index in [1.165, 1.54) is 0 Å². The Morgan fingerprint density at radius 1 is 1.29 bits per heavy atom. The van der Waals surface area contributed by atoms with Gasteiger partial charge in [0.25, 0.3) is 0 Å². The first-order valence-electron chi connectivity index (χ1n) is 5.49. The third-order valence-electron chi connectivity index (χ3n) is 1.90. The molecule has 0 saturated carbocycles. The summed E-state index contributed by atoms with van der Waals surface area (Å²) in [7, 11) is 1.65. The Balaban J connectivity index is 2.50. The van der Waals surface area contributed by atoms with Crippen LogP contribution < -0.4 is 4.74 Å². The zero-order chi connectivity index (χ0) is 12.5. The normalized spacial score (nSPS) is 10.5. The number of hydrogen-bond acceptors (Lipinski definition) is 5. The third kappa shape index (κ3) is 5.81. The average Bonchev–Trinajstić information content (AvgIpc) is 2.31. The average molecular weight is 261 g/mol. The first-order valence-corrected chi connectivity index (χ1v) is 5.87. The minimum Gasteiger partial charge on any atom is -0.477 e. The summed E-state index contributed by atoms with van der Waals surface area (Å²) in [4.78, 5) is 8.23. The minimum absolute atomic E-state index is 0.339. The molecule has 0 N–H and O–H groups in total. The highest BCUT2D eigenvalue weighted by Gasteiger charge is 2.04. The van der Waals surface area contributed by atoms with Gasteiger partial charge in [-0.1, -0.05) is 11.6 Å². The zero-order valence-electron chi connectivity index (χ0n) is 10.1. The van der Waals surface area contributed by atoms with Crippen molar-refractivity contribution < 1.29 is 14.2 Å². The van der Waals surface area contributed by atoms with Crippen molar-refractivity contribution in [3.05, 3.63) is 17.0 Å². The van der Waals surface area contributed by atoms with E-state index in [-0.39, 0.29) is 0 Å². The Labute approximate surface area is 106 Å². The fourth-order valence-corrected chi connectivity index (χ4v) is 1.34. The molecule has 0 aliphatic carbocycles. The number of rotatable bonds is 8. The maximum Gasteiger partial charge on any atom is 0.218 e. The van der Waals surface area contributed by atoms with E-state index in [0.717, 1.165) is 6.42 Å². The molecule has 5 nitrogen and oxygen atoms in total. The molecule has 96 valence electrons. The minimum atomic E-state index is 0.339. The van der Waals surface area contributed by atoms with Crippen molar-refractivity contribution in [2.45, 2.75) is 20.0 Å². The molecule has 0 atom stereocenters. The molecule has 0 fully saturated rings. The molecule has 1 aromatic rings. The van der Waals surface area contributed by atoms with E-state index in [1.807, 2.05) is 6.92 Å². The maximum absolute atomic E-state index is 5.86. The Morgan fingerprint density at radius 2 is 2.12 bits per heavy atom. The second-order valence-corrected chi connectivity index (χ2v) is 3.66. The van der Waals surface area contributed by atoms with Crippen molar-refractivity contribution >= 4 is 11.6 Å². The predicted molar refractivity (Wildman–Crippen MR) is 64.4 cm³/mol. The lowest BCUT2D eigenvalue weighted by Crippen LogP contribution is -2.05. The van der Waals surface area contributed by atoms with Crippen LogP contribution in [0.5, 0.6) is 5.88 Å². The zero-order valence-corrected chi connectivity index (χ0v) is 10.9. The molecule has 0 amide bonds. The van der Waals surface area contributed by atoms with Crippen molar-refractivity contribution in [3.63, 3.8) is 0 Å². The van der Waals surface area contributed by atoms with Gasteiger partial charge >= 0.3 is 0 Å². The number of nitrogens with zero attached hydrogens (tertiary/aromatic N) is 2. The van der Waals surface area contributed by atoms with Gasteiger partial charge in [0.2, 0.25) is 5.88 Å². The Bertz CT molecular complexity index is 336. The van der Waals surface area contributed by atoms with Gasteiger partial charge in [0, 0.05) is 32.8 Å². The molecule has 0 aliphatic heterocycles. The predicted octanol–water partition coefficient (Wildman–Crippen LogP) is 2.08. The number of ether oxygens (including phenoxy) is 3. The molecule has 0 bridgehead atoms. The SMILES string of the molecule is CCOCc1nc(Cl)cc(OCCCOC)n1. The number of hydrogen-bond donors (Lipinski definition) is 0. The van der Waals surface area contributed by atoms with Gasteiger partial charge in [0.1, 0.15) is 11.8 Å². The second kappa shape index (κ2) is 8.22. The summed E-state index contributed by atoms with van der Waals surface area (Å²) in [6, 6.07) is 1.59. The lowest BCUT2D eigenvalue weighted by atomic mass is 10.5.